The van der Waals surface area contributed by atoms with Gasteiger partial charge in [-0.3, -0.25) is 10.1 Å². The van der Waals surface area contributed by atoms with Gasteiger partial charge in [0.05, 0.1) is 16.7 Å². The molecule has 2 N–H and O–H groups in total. The number of amides is 1. The second-order valence-corrected chi connectivity index (χ2v) is 7.84. The summed E-state index contributed by atoms with van der Waals surface area (Å²) in [6, 6.07) is 12.6. The lowest BCUT2D eigenvalue weighted by molar-refractivity contribution is 0.0977. The number of rotatable bonds is 7. The molecule has 0 saturated heterocycles. The molecule has 0 aliphatic rings. The number of ether oxygens (including phenoxy) is 2. The summed E-state index contributed by atoms with van der Waals surface area (Å²) in [5, 5.41) is 5.89. The average molecular weight is 465 g/mol. The summed E-state index contributed by atoms with van der Waals surface area (Å²) in [5.41, 5.74) is 1.24. The van der Waals surface area contributed by atoms with Crippen LogP contribution in [0.2, 0.25) is 0 Å². The minimum atomic E-state index is -0.300. The second-order valence-electron chi connectivity index (χ2n) is 6.58. The van der Waals surface area contributed by atoms with Crippen molar-refractivity contribution in [2.24, 2.45) is 0 Å². The van der Waals surface area contributed by atoms with Gasteiger partial charge in [0, 0.05) is 11.3 Å². The third kappa shape index (κ3) is 6.80. The van der Waals surface area contributed by atoms with Gasteiger partial charge >= 0.3 is 0 Å². The highest BCUT2D eigenvalue weighted by molar-refractivity contribution is 9.10. The highest BCUT2D eigenvalue weighted by Crippen LogP contribution is 2.27. The number of thiocarbonyl (C=S) groups is 1. The molecule has 2 aromatic rings. The van der Waals surface area contributed by atoms with Crippen LogP contribution in [0.3, 0.4) is 0 Å². The van der Waals surface area contributed by atoms with Crippen molar-refractivity contribution in [2.75, 3.05) is 5.32 Å². The van der Waals surface area contributed by atoms with Crippen molar-refractivity contribution in [1.82, 2.24) is 5.32 Å². The number of nitrogens with one attached hydrogen (secondary N) is 2. The van der Waals surface area contributed by atoms with Crippen molar-refractivity contribution in [3.63, 3.8) is 0 Å². The lowest BCUT2D eigenvalue weighted by atomic mass is 10.2. The van der Waals surface area contributed by atoms with Gasteiger partial charge in [-0.15, -0.1) is 0 Å². The zero-order chi connectivity index (χ0) is 20.7. The Morgan fingerprint density at radius 2 is 1.79 bits per heavy atom. The molecule has 0 spiro atoms. The molecule has 1 atom stereocenters. The van der Waals surface area contributed by atoms with Crippen molar-refractivity contribution in [1.29, 1.82) is 0 Å². The van der Waals surface area contributed by atoms with E-state index < -0.39 is 0 Å². The molecular weight excluding hydrogens is 440 g/mol. The summed E-state index contributed by atoms with van der Waals surface area (Å²) in [6.07, 6.45) is 1.15. The third-order valence-electron chi connectivity index (χ3n) is 3.81. The van der Waals surface area contributed by atoms with Crippen LogP contribution in [0.15, 0.2) is 46.9 Å². The van der Waals surface area contributed by atoms with E-state index in [1.165, 1.54) is 0 Å². The van der Waals surface area contributed by atoms with Crippen LogP contribution in [0.1, 0.15) is 44.5 Å². The van der Waals surface area contributed by atoms with E-state index in [-0.39, 0.29) is 23.2 Å². The van der Waals surface area contributed by atoms with E-state index in [2.05, 4.69) is 33.5 Å². The number of hydrogen-bond donors (Lipinski definition) is 2. The lowest BCUT2D eigenvalue weighted by Crippen LogP contribution is -2.34. The van der Waals surface area contributed by atoms with Crippen LogP contribution in [-0.2, 0) is 0 Å². The topological polar surface area (TPSA) is 59.6 Å². The molecule has 28 heavy (non-hydrogen) atoms. The summed E-state index contributed by atoms with van der Waals surface area (Å²) in [5.74, 6) is 1.18. The molecule has 1 unspecified atom stereocenters. The fourth-order valence-electron chi connectivity index (χ4n) is 2.26. The van der Waals surface area contributed by atoms with Gasteiger partial charge in [-0.25, -0.2) is 0 Å². The van der Waals surface area contributed by atoms with Crippen LogP contribution in [-0.4, -0.2) is 23.2 Å². The van der Waals surface area contributed by atoms with Crippen molar-refractivity contribution in [2.45, 2.75) is 46.3 Å². The largest absolute Gasteiger partial charge is 0.491 e. The fourth-order valence-corrected chi connectivity index (χ4v) is 2.94. The average Bonchev–Trinajstić information content (AvgIpc) is 2.64. The highest BCUT2D eigenvalue weighted by atomic mass is 79.9. The van der Waals surface area contributed by atoms with Gasteiger partial charge in [-0.05, 0) is 97.8 Å². The van der Waals surface area contributed by atoms with Gasteiger partial charge in [0.2, 0.25) is 0 Å². The Morgan fingerprint density at radius 3 is 2.36 bits per heavy atom. The Labute approximate surface area is 179 Å². The van der Waals surface area contributed by atoms with Crippen LogP contribution >= 0.6 is 28.1 Å². The number of halogens is 1. The maximum absolute atomic E-state index is 12.4. The standard InChI is InChI=1S/C21H25BrN2O3S/c1-5-14(4)27-17-9-7-16(8-10-17)23-21(28)24-20(25)15-6-11-19(18(22)12-15)26-13(2)3/h6-14H,5H2,1-4H3,(H2,23,24,25,28). The third-order valence-corrected chi connectivity index (χ3v) is 4.63. The predicted octanol–water partition coefficient (Wildman–Crippen LogP) is 5.54. The first-order valence-corrected chi connectivity index (χ1v) is 10.3. The van der Waals surface area contributed by atoms with E-state index in [1.54, 1.807) is 18.2 Å². The molecule has 2 aromatic carbocycles. The quantitative estimate of drug-likeness (QED) is 0.526. The maximum Gasteiger partial charge on any atom is 0.257 e. The minimum absolute atomic E-state index is 0.0507. The summed E-state index contributed by atoms with van der Waals surface area (Å²) in [4.78, 5) is 12.4. The first-order valence-electron chi connectivity index (χ1n) is 9.13. The number of anilines is 1. The van der Waals surface area contributed by atoms with Gasteiger partial charge in [0.15, 0.2) is 5.11 Å². The Bertz CT molecular complexity index is 825. The number of carbonyl (C=O) groups excluding carboxylic acids is 1. The molecule has 0 heterocycles. The van der Waals surface area contributed by atoms with E-state index in [0.29, 0.717) is 15.8 Å². The molecule has 5 nitrogen and oxygen atoms in total. The summed E-state index contributed by atoms with van der Waals surface area (Å²) < 4.78 is 12.1. The van der Waals surface area contributed by atoms with Gasteiger partial charge < -0.3 is 14.8 Å². The summed E-state index contributed by atoms with van der Waals surface area (Å²) in [7, 11) is 0. The molecule has 1 amide bonds. The number of hydrogen-bond acceptors (Lipinski definition) is 4. The predicted molar refractivity (Wildman–Crippen MR) is 120 cm³/mol. The van der Waals surface area contributed by atoms with E-state index in [4.69, 9.17) is 21.7 Å². The van der Waals surface area contributed by atoms with Crippen molar-refractivity contribution < 1.29 is 14.3 Å². The first-order chi connectivity index (χ1) is 13.3. The summed E-state index contributed by atoms with van der Waals surface area (Å²) in [6.45, 7) is 7.99. The molecular formula is C21H25BrN2O3S. The Hall–Kier alpha value is -2.12. The van der Waals surface area contributed by atoms with Gasteiger partial charge in [0.25, 0.3) is 5.91 Å². The smallest absolute Gasteiger partial charge is 0.257 e. The van der Waals surface area contributed by atoms with Crippen LogP contribution in [0.4, 0.5) is 5.69 Å². The minimum Gasteiger partial charge on any atom is -0.491 e. The fraction of sp³-hybridized carbons (Fsp3) is 0.333. The molecule has 0 radical (unpaired) electrons. The van der Waals surface area contributed by atoms with E-state index >= 15 is 0 Å². The molecule has 7 heteroatoms. The van der Waals surface area contributed by atoms with Crippen LogP contribution in [0.25, 0.3) is 0 Å². The molecule has 2 rings (SSSR count). The van der Waals surface area contributed by atoms with Gasteiger partial charge in [0.1, 0.15) is 11.5 Å². The lowest BCUT2D eigenvalue weighted by Gasteiger charge is -2.14. The zero-order valence-electron chi connectivity index (χ0n) is 16.4. The molecule has 0 saturated carbocycles. The van der Waals surface area contributed by atoms with E-state index in [1.807, 2.05) is 45.0 Å². The molecule has 0 aliphatic carbocycles. The SMILES string of the molecule is CCC(C)Oc1ccc(NC(=S)NC(=O)c2ccc(OC(C)C)c(Br)c2)cc1. The van der Waals surface area contributed by atoms with E-state index in [0.717, 1.165) is 17.9 Å². The highest BCUT2D eigenvalue weighted by Gasteiger charge is 2.12. The van der Waals surface area contributed by atoms with Crippen LogP contribution in [0.5, 0.6) is 11.5 Å². The van der Waals surface area contributed by atoms with Crippen molar-refractivity contribution >= 4 is 44.9 Å². The van der Waals surface area contributed by atoms with Crippen LogP contribution < -0.4 is 20.1 Å². The van der Waals surface area contributed by atoms with Crippen molar-refractivity contribution in [3.05, 3.63) is 52.5 Å². The first kappa shape index (κ1) is 22.2. The summed E-state index contributed by atoms with van der Waals surface area (Å²) >= 11 is 8.67. The maximum atomic E-state index is 12.4. The molecule has 150 valence electrons. The Kier molecular flexibility index (Phi) is 8.26. The second kappa shape index (κ2) is 10.4. The van der Waals surface area contributed by atoms with Crippen molar-refractivity contribution in [3.8, 4) is 11.5 Å². The van der Waals surface area contributed by atoms with E-state index in [9.17, 15) is 4.79 Å². The van der Waals surface area contributed by atoms with Crippen LogP contribution in [0, 0.1) is 0 Å². The molecule has 0 fully saturated rings. The zero-order valence-corrected chi connectivity index (χ0v) is 18.8. The van der Waals surface area contributed by atoms with Gasteiger partial charge in [-0.2, -0.15) is 0 Å². The Balaban J connectivity index is 1.93. The molecule has 0 aliphatic heterocycles. The number of benzene rings is 2. The monoisotopic (exact) mass is 464 g/mol. The van der Waals surface area contributed by atoms with Gasteiger partial charge in [-0.1, -0.05) is 6.92 Å². The normalized spacial score (nSPS) is 11.6. The molecule has 0 aromatic heterocycles. The number of carbonyl (C=O) groups is 1. The molecule has 0 bridgehead atoms. The Morgan fingerprint density at radius 1 is 1.11 bits per heavy atom.